The zero-order valence-electron chi connectivity index (χ0n) is 8.55. The third-order valence-corrected chi connectivity index (χ3v) is 2.69. The number of hydrogen-bond acceptors (Lipinski definition) is 2. The molecule has 0 bridgehead atoms. The van der Waals surface area contributed by atoms with Crippen LogP contribution in [0.1, 0.15) is 33.6 Å². The van der Waals surface area contributed by atoms with Crippen molar-refractivity contribution in [3.63, 3.8) is 0 Å². The highest BCUT2D eigenvalue weighted by molar-refractivity contribution is 4.75. The van der Waals surface area contributed by atoms with Crippen LogP contribution in [-0.4, -0.2) is 36.7 Å². The van der Waals surface area contributed by atoms with Crippen LogP contribution in [0.2, 0.25) is 0 Å². The molecule has 0 amide bonds. The minimum Gasteiger partial charge on any atom is -0.380 e. The van der Waals surface area contributed by atoms with Crippen molar-refractivity contribution in [3.05, 3.63) is 0 Å². The predicted octanol–water partition coefficient (Wildman–Crippen LogP) is 1.90. The van der Waals surface area contributed by atoms with Gasteiger partial charge in [0.15, 0.2) is 0 Å². The molecular formula is C10H21NO. The molecule has 0 aromatic carbocycles. The zero-order chi connectivity index (χ0) is 8.97. The summed E-state index contributed by atoms with van der Waals surface area (Å²) in [5, 5.41) is 0. The highest BCUT2D eigenvalue weighted by Crippen LogP contribution is 2.15. The molecule has 1 saturated heterocycles. The summed E-state index contributed by atoms with van der Waals surface area (Å²) in [5.41, 5.74) is 0. The SMILES string of the molecule is CCC1CCOCCN1C(C)C. The molecule has 1 fully saturated rings. The molecule has 0 aromatic rings. The van der Waals surface area contributed by atoms with E-state index in [1.807, 2.05) is 0 Å². The number of nitrogens with zero attached hydrogens (tertiary/aromatic N) is 1. The second kappa shape index (κ2) is 4.83. The van der Waals surface area contributed by atoms with E-state index < -0.39 is 0 Å². The lowest BCUT2D eigenvalue weighted by molar-refractivity contribution is 0.128. The van der Waals surface area contributed by atoms with Crippen LogP contribution in [0.25, 0.3) is 0 Å². The fourth-order valence-electron chi connectivity index (χ4n) is 1.96. The van der Waals surface area contributed by atoms with Crippen molar-refractivity contribution in [2.45, 2.75) is 45.7 Å². The van der Waals surface area contributed by atoms with Crippen molar-refractivity contribution < 1.29 is 4.74 Å². The molecule has 2 heteroatoms. The van der Waals surface area contributed by atoms with E-state index in [1.54, 1.807) is 0 Å². The van der Waals surface area contributed by atoms with Gasteiger partial charge >= 0.3 is 0 Å². The lowest BCUT2D eigenvalue weighted by Crippen LogP contribution is -2.40. The van der Waals surface area contributed by atoms with Crippen LogP contribution in [0.3, 0.4) is 0 Å². The first kappa shape index (κ1) is 10.0. The van der Waals surface area contributed by atoms with Gasteiger partial charge in [0.05, 0.1) is 6.61 Å². The van der Waals surface area contributed by atoms with Crippen LogP contribution in [0, 0.1) is 0 Å². The Labute approximate surface area is 75.9 Å². The molecule has 1 atom stereocenters. The molecule has 1 aliphatic rings. The standard InChI is InChI=1S/C10H21NO/c1-4-10-5-7-12-8-6-11(10)9(2)3/h9-10H,4-8H2,1-3H3. The van der Waals surface area contributed by atoms with Gasteiger partial charge < -0.3 is 4.74 Å². The van der Waals surface area contributed by atoms with Crippen molar-refractivity contribution in [3.8, 4) is 0 Å². The van der Waals surface area contributed by atoms with E-state index in [2.05, 4.69) is 25.7 Å². The topological polar surface area (TPSA) is 12.5 Å². The number of rotatable bonds is 2. The molecule has 0 aliphatic carbocycles. The summed E-state index contributed by atoms with van der Waals surface area (Å²) in [7, 11) is 0. The van der Waals surface area contributed by atoms with Gasteiger partial charge in [0.25, 0.3) is 0 Å². The minimum absolute atomic E-state index is 0.664. The second-order valence-corrected chi connectivity index (χ2v) is 3.79. The molecule has 12 heavy (non-hydrogen) atoms. The van der Waals surface area contributed by atoms with Gasteiger partial charge in [0.1, 0.15) is 0 Å². The predicted molar refractivity (Wildman–Crippen MR) is 51.4 cm³/mol. The first-order chi connectivity index (χ1) is 5.75. The highest BCUT2D eigenvalue weighted by atomic mass is 16.5. The van der Waals surface area contributed by atoms with Crippen LogP contribution in [0.5, 0.6) is 0 Å². The fraction of sp³-hybridized carbons (Fsp3) is 1.00. The van der Waals surface area contributed by atoms with Crippen LogP contribution >= 0.6 is 0 Å². The molecule has 0 radical (unpaired) electrons. The van der Waals surface area contributed by atoms with Gasteiger partial charge in [-0.1, -0.05) is 6.92 Å². The Morgan fingerprint density at radius 2 is 2.17 bits per heavy atom. The summed E-state index contributed by atoms with van der Waals surface area (Å²) in [4.78, 5) is 2.56. The molecule has 0 aromatic heterocycles. The first-order valence-electron chi connectivity index (χ1n) is 5.09. The third-order valence-electron chi connectivity index (χ3n) is 2.69. The maximum absolute atomic E-state index is 5.47. The summed E-state index contributed by atoms with van der Waals surface area (Å²) < 4.78 is 5.47. The molecule has 2 nitrogen and oxygen atoms in total. The average Bonchev–Trinajstić information content (AvgIpc) is 2.27. The van der Waals surface area contributed by atoms with E-state index in [0.717, 1.165) is 25.8 Å². The Morgan fingerprint density at radius 3 is 2.75 bits per heavy atom. The normalized spacial score (nSPS) is 27.5. The molecule has 0 N–H and O–H groups in total. The van der Waals surface area contributed by atoms with Gasteiger partial charge in [0, 0.05) is 25.2 Å². The Morgan fingerprint density at radius 1 is 1.42 bits per heavy atom. The Bertz CT molecular complexity index is 125. The molecule has 0 spiro atoms. The Balaban J connectivity index is 2.51. The van der Waals surface area contributed by atoms with Gasteiger partial charge in [-0.25, -0.2) is 0 Å². The van der Waals surface area contributed by atoms with Gasteiger partial charge in [-0.15, -0.1) is 0 Å². The van der Waals surface area contributed by atoms with Crippen LogP contribution in [0.4, 0.5) is 0 Å². The average molecular weight is 171 g/mol. The molecule has 1 rings (SSSR count). The summed E-state index contributed by atoms with van der Waals surface area (Å²) >= 11 is 0. The largest absolute Gasteiger partial charge is 0.380 e. The monoisotopic (exact) mass is 171 g/mol. The summed E-state index contributed by atoms with van der Waals surface area (Å²) in [6, 6.07) is 1.41. The molecule has 1 heterocycles. The van der Waals surface area contributed by atoms with Crippen molar-refractivity contribution in [2.24, 2.45) is 0 Å². The fourth-order valence-corrected chi connectivity index (χ4v) is 1.96. The van der Waals surface area contributed by atoms with Gasteiger partial charge in [0.2, 0.25) is 0 Å². The summed E-state index contributed by atoms with van der Waals surface area (Å²) in [5.74, 6) is 0. The van der Waals surface area contributed by atoms with E-state index in [4.69, 9.17) is 4.74 Å². The molecule has 72 valence electrons. The number of ether oxygens (including phenoxy) is 1. The van der Waals surface area contributed by atoms with Crippen molar-refractivity contribution in [1.82, 2.24) is 4.90 Å². The number of hydrogen-bond donors (Lipinski definition) is 0. The van der Waals surface area contributed by atoms with E-state index in [1.165, 1.54) is 12.8 Å². The van der Waals surface area contributed by atoms with E-state index >= 15 is 0 Å². The quantitative estimate of drug-likeness (QED) is 0.629. The van der Waals surface area contributed by atoms with Crippen LogP contribution < -0.4 is 0 Å². The smallest absolute Gasteiger partial charge is 0.0593 e. The van der Waals surface area contributed by atoms with Gasteiger partial charge in [-0.3, -0.25) is 4.90 Å². The molecule has 1 aliphatic heterocycles. The minimum atomic E-state index is 0.664. The van der Waals surface area contributed by atoms with E-state index in [-0.39, 0.29) is 0 Å². The first-order valence-corrected chi connectivity index (χ1v) is 5.09. The maximum Gasteiger partial charge on any atom is 0.0593 e. The maximum atomic E-state index is 5.47. The van der Waals surface area contributed by atoms with Crippen molar-refractivity contribution in [1.29, 1.82) is 0 Å². The van der Waals surface area contributed by atoms with Crippen molar-refractivity contribution in [2.75, 3.05) is 19.8 Å². The highest BCUT2D eigenvalue weighted by Gasteiger charge is 2.21. The summed E-state index contributed by atoms with van der Waals surface area (Å²) in [6.07, 6.45) is 2.45. The molecular weight excluding hydrogens is 150 g/mol. The third kappa shape index (κ3) is 2.46. The lowest BCUT2D eigenvalue weighted by Gasteiger charge is -2.31. The Kier molecular flexibility index (Phi) is 4.02. The van der Waals surface area contributed by atoms with E-state index in [0.29, 0.717) is 6.04 Å². The molecule has 0 saturated carbocycles. The summed E-state index contributed by atoms with van der Waals surface area (Å²) in [6.45, 7) is 9.78. The molecule has 1 unspecified atom stereocenters. The van der Waals surface area contributed by atoms with Crippen molar-refractivity contribution >= 4 is 0 Å². The Hall–Kier alpha value is -0.0800. The van der Waals surface area contributed by atoms with Gasteiger partial charge in [-0.2, -0.15) is 0 Å². The van der Waals surface area contributed by atoms with Gasteiger partial charge in [-0.05, 0) is 26.7 Å². The van der Waals surface area contributed by atoms with Crippen LogP contribution in [-0.2, 0) is 4.74 Å². The zero-order valence-corrected chi connectivity index (χ0v) is 8.55. The van der Waals surface area contributed by atoms with E-state index in [9.17, 15) is 0 Å². The van der Waals surface area contributed by atoms with Crippen LogP contribution in [0.15, 0.2) is 0 Å². The lowest BCUT2D eigenvalue weighted by atomic mass is 10.1. The second-order valence-electron chi connectivity index (χ2n) is 3.79.